The van der Waals surface area contributed by atoms with E-state index in [-0.39, 0.29) is 30.6 Å². The average molecular weight is 470 g/mol. The van der Waals surface area contributed by atoms with Crippen LogP contribution in [0.5, 0.6) is 5.75 Å². The van der Waals surface area contributed by atoms with Crippen LogP contribution in [0.25, 0.3) is 10.8 Å². The van der Waals surface area contributed by atoms with Gasteiger partial charge in [0.2, 0.25) is 0 Å². The van der Waals surface area contributed by atoms with Gasteiger partial charge in [-0.3, -0.25) is 9.59 Å². The number of carbonyl (C=O) groups excluding carboxylic acids is 3. The third-order valence-corrected chi connectivity index (χ3v) is 5.32. The molecule has 3 amide bonds. The molecular weight excluding hydrogens is 434 g/mol. The highest BCUT2D eigenvalue weighted by atomic mass is 16.6. The zero-order chi connectivity index (χ0) is 24.9. The van der Waals surface area contributed by atoms with E-state index in [4.69, 9.17) is 9.47 Å². The average Bonchev–Trinajstić information content (AvgIpc) is 3.01. The predicted octanol–water partition coefficient (Wildman–Crippen LogP) is 3.83. The summed E-state index contributed by atoms with van der Waals surface area (Å²) in [4.78, 5) is 41.6. The Morgan fingerprint density at radius 1 is 0.971 bits per heavy atom. The van der Waals surface area contributed by atoms with Crippen LogP contribution in [-0.4, -0.2) is 72.1 Å². The summed E-state index contributed by atoms with van der Waals surface area (Å²) in [6.07, 6.45) is 0.277. The molecule has 1 aliphatic rings. The Bertz CT molecular complexity index is 1040. The van der Waals surface area contributed by atoms with E-state index in [1.807, 2.05) is 65.0 Å². The number of benzene rings is 2. The third kappa shape index (κ3) is 6.85. The second kappa shape index (κ2) is 10.8. The molecule has 8 nitrogen and oxygen atoms in total. The molecule has 0 bridgehead atoms. The Kier molecular flexibility index (Phi) is 8.02. The Balaban J connectivity index is 1.79. The van der Waals surface area contributed by atoms with Gasteiger partial charge in [-0.25, -0.2) is 4.79 Å². The highest BCUT2D eigenvalue weighted by molar-refractivity contribution is 6.01. The van der Waals surface area contributed by atoms with Crippen LogP contribution in [0.3, 0.4) is 0 Å². The van der Waals surface area contributed by atoms with Crippen molar-refractivity contribution in [3.05, 3.63) is 42.0 Å². The van der Waals surface area contributed by atoms with Gasteiger partial charge in [0.05, 0.1) is 5.56 Å². The van der Waals surface area contributed by atoms with Crippen molar-refractivity contribution in [3.63, 3.8) is 0 Å². The van der Waals surface area contributed by atoms with E-state index < -0.39 is 5.60 Å². The monoisotopic (exact) mass is 469 g/mol. The lowest BCUT2D eigenvalue weighted by Crippen LogP contribution is -2.40. The van der Waals surface area contributed by atoms with Gasteiger partial charge in [0.25, 0.3) is 11.8 Å². The molecule has 184 valence electrons. The molecule has 0 radical (unpaired) electrons. The molecule has 1 fully saturated rings. The summed E-state index contributed by atoms with van der Waals surface area (Å²) in [5.41, 5.74) is -0.167. The molecule has 1 heterocycles. The van der Waals surface area contributed by atoms with Crippen molar-refractivity contribution in [1.29, 1.82) is 0 Å². The van der Waals surface area contributed by atoms with Crippen LogP contribution < -0.4 is 10.1 Å². The molecule has 8 heteroatoms. The number of hydrogen-bond acceptors (Lipinski definition) is 5. The Labute approximate surface area is 201 Å². The van der Waals surface area contributed by atoms with Gasteiger partial charge in [-0.2, -0.15) is 0 Å². The lowest BCUT2D eigenvalue weighted by atomic mass is 10.0. The fourth-order valence-electron chi connectivity index (χ4n) is 3.81. The van der Waals surface area contributed by atoms with Gasteiger partial charge >= 0.3 is 6.09 Å². The van der Waals surface area contributed by atoms with Gasteiger partial charge in [0.1, 0.15) is 11.4 Å². The van der Waals surface area contributed by atoms with E-state index in [2.05, 4.69) is 5.32 Å². The minimum Gasteiger partial charge on any atom is -0.483 e. The summed E-state index contributed by atoms with van der Waals surface area (Å²) in [5.74, 6) is -0.0590. The fourth-order valence-corrected chi connectivity index (χ4v) is 3.81. The first-order chi connectivity index (χ1) is 16.0. The zero-order valence-electron chi connectivity index (χ0n) is 20.7. The van der Waals surface area contributed by atoms with Crippen molar-refractivity contribution in [2.24, 2.45) is 0 Å². The number of nitrogens with one attached hydrogen (secondary N) is 1. The Morgan fingerprint density at radius 3 is 2.24 bits per heavy atom. The lowest BCUT2D eigenvalue weighted by Gasteiger charge is -2.26. The number of hydrogen-bond donors (Lipinski definition) is 1. The third-order valence-electron chi connectivity index (χ3n) is 5.32. The molecule has 0 atom stereocenters. The van der Waals surface area contributed by atoms with Crippen LogP contribution in [0.1, 0.15) is 51.4 Å². The minimum absolute atomic E-state index is 0.00109. The molecule has 2 aromatic carbocycles. The van der Waals surface area contributed by atoms with Gasteiger partial charge in [-0.15, -0.1) is 0 Å². The molecule has 2 aromatic rings. The highest BCUT2D eigenvalue weighted by Crippen LogP contribution is 2.28. The van der Waals surface area contributed by atoms with Crippen molar-refractivity contribution < 1.29 is 23.9 Å². The molecule has 1 N–H and O–H groups in total. The van der Waals surface area contributed by atoms with E-state index in [0.717, 1.165) is 10.8 Å². The first-order valence-electron chi connectivity index (χ1n) is 11.8. The fraction of sp³-hybridized carbons (Fsp3) is 0.500. The Morgan fingerprint density at radius 2 is 1.59 bits per heavy atom. The van der Waals surface area contributed by atoms with Gasteiger partial charge in [0, 0.05) is 32.2 Å². The lowest BCUT2D eigenvalue weighted by molar-refractivity contribution is -0.123. The molecule has 3 rings (SSSR count). The molecule has 1 aliphatic heterocycles. The van der Waals surface area contributed by atoms with Gasteiger partial charge in [-0.1, -0.05) is 24.3 Å². The van der Waals surface area contributed by atoms with Gasteiger partial charge in [-0.05, 0) is 63.9 Å². The first-order valence-corrected chi connectivity index (χ1v) is 11.8. The molecule has 0 aliphatic carbocycles. The van der Waals surface area contributed by atoms with E-state index in [1.54, 1.807) is 15.9 Å². The van der Waals surface area contributed by atoms with E-state index in [9.17, 15) is 14.4 Å². The highest BCUT2D eigenvalue weighted by Gasteiger charge is 2.27. The summed E-state index contributed by atoms with van der Waals surface area (Å²) in [6, 6.07) is 11.3. The molecule has 34 heavy (non-hydrogen) atoms. The maximum atomic E-state index is 13.6. The maximum Gasteiger partial charge on any atom is 0.410 e. The van der Waals surface area contributed by atoms with Crippen LogP contribution in [0.15, 0.2) is 36.4 Å². The van der Waals surface area contributed by atoms with Crippen LogP contribution in [0.4, 0.5) is 4.79 Å². The molecule has 0 aromatic heterocycles. The van der Waals surface area contributed by atoms with Crippen LogP contribution in [0.2, 0.25) is 0 Å². The van der Waals surface area contributed by atoms with Crippen LogP contribution >= 0.6 is 0 Å². The standard InChI is InChI=1S/C26H35N3O5/c1-18(2)27-23(30)17-33-22-16-20-10-7-6-9-19(20)15-21(22)24(31)28-11-8-12-29(14-13-28)25(32)34-26(3,4)5/h6-7,9-10,15-16,18H,8,11-14,17H2,1-5H3,(H,27,30). The quantitative estimate of drug-likeness (QED) is 0.719. The number of fused-ring (bicyclic) bond motifs is 1. The molecule has 0 spiro atoms. The smallest absolute Gasteiger partial charge is 0.410 e. The number of ether oxygens (including phenoxy) is 2. The second-order valence-corrected chi connectivity index (χ2v) is 9.82. The summed E-state index contributed by atoms with van der Waals surface area (Å²) >= 11 is 0. The minimum atomic E-state index is -0.571. The molecule has 0 saturated carbocycles. The number of amides is 3. The number of rotatable bonds is 5. The summed E-state index contributed by atoms with van der Waals surface area (Å²) in [7, 11) is 0. The second-order valence-electron chi connectivity index (χ2n) is 9.82. The Hall–Kier alpha value is -3.29. The van der Waals surface area contributed by atoms with Gasteiger partial charge in [0.15, 0.2) is 6.61 Å². The summed E-state index contributed by atoms with van der Waals surface area (Å²) in [6.45, 7) is 10.9. The topological polar surface area (TPSA) is 88.2 Å². The largest absolute Gasteiger partial charge is 0.483 e. The predicted molar refractivity (Wildman–Crippen MR) is 131 cm³/mol. The van der Waals surface area contributed by atoms with Gasteiger partial charge < -0.3 is 24.6 Å². The number of carbonyl (C=O) groups is 3. The summed E-state index contributed by atoms with van der Waals surface area (Å²) in [5, 5.41) is 4.63. The molecule has 0 unspecified atom stereocenters. The van der Waals surface area contributed by atoms with Crippen LogP contribution in [-0.2, 0) is 9.53 Å². The van der Waals surface area contributed by atoms with Crippen LogP contribution in [0, 0.1) is 0 Å². The van der Waals surface area contributed by atoms with Crippen molar-refractivity contribution >= 4 is 28.7 Å². The zero-order valence-corrected chi connectivity index (χ0v) is 20.7. The number of nitrogens with zero attached hydrogens (tertiary/aromatic N) is 2. The molecule has 1 saturated heterocycles. The molecular formula is C26H35N3O5. The van der Waals surface area contributed by atoms with E-state index in [0.29, 0.717) is 43.9 Å². The maximum absolute atomic E-state index is 13.6. The van der Waals surface area contributed by atoms with Crippen molar-refractivity contribution in [2.45, 2.75) is 52.7 Å². The first kappa shape index (κ1) is 25.3. The van der Waals surface area contributed by atoms with E-state index >= 15 is 0 Å². The van der Waals surface area contributed by atoms with Crippen molar-refractivity contribution in [1.82, 2.24) is 15.1 Å². The SMILES string of the molecule is CC(C)NC(=O)COc1cc2ccccc2cc1C(=O)N1CCCN(C(=O)OC(C)(C)C)CC1. The van der Waals surface area contributed by atoms with Crippen molar-refractivity contribution in [3.8, 4) is 5.75 Å². The summed E-state index contributed by atoms with van der Waals surface area (Å²) < 4.78 is 11.3. The van der Waals surface area contributed by atoms with E-state index in [1.165, 1.54) is 0 Å². The normalized spacial score (nSPS) is 14.6. The van der Waals surface area contributed by atoms with Crippen molar-refractivity contribution in [2.75, 3.05) is 32.8 Å².